The number of aromatic nitrogens is 4. The van der Waals surface area contributed by atoms with Crippen molar-refractivity contribution in [2.45, 2.75) is 0 Å². The summed E-state index contributed by atoms with van der Waals surface area (Å²) in [6, 6.07) is 75.7. The molecule has 0 unspecified atom stereocenters. The van der Waals surface area contributed by atoms with E-state index in [1.807, 2.05) is 73.1 Å². The number of nitrogens with zero attached hydrogens (tertiary/aromatic N) is 6. The van der Waals surface area contributed by atoms with Crippen molar-refractivity contribution < 1.29 is 0 Å². The summed E-state index contributed by atoms with van der Waals surface area (Å²) < 4.78 is 4.47. The van der Waals surface area contributed by atoms with E-state index in [0.717, 1.165) is 111 Å². The first kappa shape index (κ1) is 38.3. The molecule has 12 aromatic rings. The molecule has 0 bridgehead atoms. The molecular formula is C60H36N6. The number of hydrogen-bond donors (Lipinski definition) is 0. The highest BCUT2D eigenvalue weighted by Gasteiger charge is 2.25. The third kappa shape index (κ3) is 6.33. The molecule has 0 N–H and O–H groups in total. The highest BCUT2D eigenvalue weighted by molar-refractivity contribution is 6.13. The van der Waals surface area contributed by atoms with Crippen LogP contribution in [0.4, 0.5) is 0 Å². The molecule has 12 rings (SSSR count). The number of rotatable bonds is 7. The van der Waals surface area contributed by atoms with Crippen LogP contribution in [0.25, 0.3) is 111 Å². The minimum absolute atomic E-state index is 0.511. The zero-order chi connectivity index (χ0) is 44.1. The zero-order valence-corrected chi connectivity index (χ0v) is 35.5. The summed E-state index contributed by atoms with van der Waals surface area (Å²) >= 11 is 0. The minimum atomic E-state index is 0.511. The quantitative estimate of drug-likeness (QED) is 0.160. The second kappa shape index (κ2) is 15.8. The summed E-state index contributed by atoms with van der Waals surface area (Å²) in [4.78, 5) is 9.39. The summed E-state index contributed by atoms with van der Waals surface area (Å²) in [5.41, 5.74) is 16.4. The molecular weight excluding hydrogens is 805 g/mol. The van der Waals surface area contributed by atoms with Gasteiger partial charge >= 0.3 is 0 Å². The standard InChI is InChI=1S/C60H36N6/c61-37-39-12-11-17-46(32-39)47-24-27-59(65-55-20-9-7-18-48(55)50-33-42(22-25-57(50)65)44-28-30-63-53(35-44)40-13-3-1-4-14-40)52(38-62)60(47)66-56-21-10-8-19-49(56)51-34-43(23-26-58(51)66)45-29-31-64-54(36-45)41-15-5-2-6-16-41/h1-36H. The number of benzene rings is 8. The van der Waals surface area contributed by atoms with E-state index < -0.39 is 0 Å². The van der Waals surface area contributed by atoms with Crippen LogP contribution in [0.2, 0.25) is 0 Å². The molecule has 66 heavy (non-hydrogen) atoms. The van der Waals surface area contributed by atoms with Gasteiger partial charge in [0, 0.05) is 50.6 Å². The summed E-state index contributed by atoms with van der Waals surface area (Å²) in [6.45, 7) is 0. The van der Waals surface area contributed by atoms with Gasteiger partial charge in [-0.25, -0.2) is 0 Å². The number of hydrogen-bond acceptors (Lipinski definition) is 4. The van der Waals surface area contributed by atoms with Crippen LogP contribution in [-0.2, 0) is 0 Å². The SMILES string of the molecule is N#Cc1cccc(-c2ccc(-n3c4ccccc4c4cc(-c5ccnc(-c6ccccc6)c5)ccc43)c(C#N)c2-n2c3ccccc3c3cc(-c4ccnc(-c5ccccc5)c4)ccc32)c1. The molecule has 6 nitrogen and oxygen atoms in total. The zero-order valence-electron chi connectivity index (χ0n) is 35.5. The van der Waals surface area contributed by atoms with Gasteiger partial charge in [0.25, 0.3) is 0 Å². The molecule has 4 heterocycles. The van der Waals surface area contributed by atoms with Gasteiger partial charge in [-0.1, -0.05) is 127 Å². The fraction of sp³-hybridized carbons (Fsp3) is 0. The fourth-order valence-corrected chi connectivity index (χ4v) is 9.66. The Kier molecular flexibility index (Phi) is 9.16. The fourth-order valence-electron chi connectivity index (χ4n) is 9.66. The second-order valence-electron chi connectivity index (χ2n) is 16.4. The molecule has 0 spiro atoms. The maximum absolute atomic E-state index is 11.6. The lowest BCUT2D eigenvalue weighted by atomic mass is 9.96. The maximum atomic E-state index is 11.6. The highest BCUT2D eigenvalue weighted by atomic mass is 15.0. The van der Waals surface area contributed by atoms with Crippen LogP contribution < -0.4 is 0 Å². The third-order valence-electron chi connectivity index (χ3n) is 12.7. The van der Waals surface area contributed by atoms with Crippen LogP contribution in [0.15, 0.2) is 219 Å². The molecule has 0 aliphatic carbocycles. The van der Waals surface area contributed by atoms with Crippen molar-refractivity contribution in [3.05, 3.63) is 230 Å². The van der Waals surface area contributed by atoms with Crippen LogP contribution in [0.5, 0.6) is 0 Å². The summed E-state index contributed by atoms with van der Waals surface area (Å²) in [6.07, 6.45) is 3.74. The van der Waals surface area contributed by atoms with Gasteiger partial charge in [0.1, 0.15) is 11.6 Å². The first-order valence-corrected chi connectivity index (χ1v) is 21.8. The predicted octanol–water partition coefficient (Wildman–Crippen LogP) is 14.7. The Morgan fingerprint density at radius 1 is 0.348 bits per heavy atom. The molecule has 6 heteroatoms. The Labute approximate surface area is 380 Å². The van der Waals surface area contributed by atoms with Crippen LogP contribution >= 0.6 is 0 Å². The van der Waals surface area contributed by atoms with E-state index in [0.29, 0.717) is 11.1 Å². The van der Waals surface area contributed by atoms with Gasteiger partial charge in [-0.3, -0.25) is 9.97 Å². The van der Waals surface area contributed by atoms with Crippen LogP contribution in [-0.4, -0.2) is 19.1 Å². The van der Waals surface area contributed by atoms with Gasteiger partial charge in [-0.05, 0) is 107 Å². The van der Waals surface area contributed by atoms with E-state index in [1.165, 1.54) is 0 Å². The van der Waals surface area contributed by atoms with Crippen molar-refractivity contribution >= 4 is 43.6 Å². The van der Waals surface area contributed by atoms with Crippen molar-refractivity contribution in [3.8, 4) is 79.4 Å². The average molecular weight is 841 g/mol. The maximum Gasteiger partial charge on any atom is 0.104 e. The predicted molar refractivity (Wildman–Crippen MR) is 267 cm³/mol. The first-order chi connectivity index (χ1) is 32.6. The van der Waals surface area contributed by atoms with Crippen molar-refractivity contribution in [2.24, 2.45) is 0 Å². The summed E-state index contributed by atoms with van der Waals surface area (Å²) in [5, 5.41) is 26.0. The topological polar surface area (TPSA) is 83.2 Å². The molecule has 0 saturated heterocycles. The lowest BCUT2D eigenvalue weighted by Gasteiger charge is -2.20. The Morgan fingerprint density at radius 2 is 0.848 bits per heavy atom. The largest absolute Gasteiger partial charge is 0.308 e. The molecule has 4 aromatic heterocycles. The van der Waals surface area contributed by atoms with Gasteiger partial charge in [-0.15, -0.1) is 0 Å². The normalized spacial score (nSPS) is 11.3. The van der Waals surface area contributed by atoms with Gasteiger partial charge < -0.3 is 9.13 Å². The molecule has 0 atom stereocenters. The van der Waals surface area contributed by atoms with Gasteiger partial charge in [0.15, 0.2) is 0 Å². The van der Waals surface area contributed by atoms with E-state index in [1.54, 1.807) is 0 Å². The van der Waals surface area contributed by atoms with Crippen molar-refractivity contribution in [1.29, 1.82) is 10.5 Å². The van der Waals surface area contributed by atoms with Crippen molar-refractivity contribution in [1.82, 2.24) is 19.1 Å². The van der Waals surface area contributed by atoms with Crippen LogP contribution in [0.1, 0.15) is 11.1 Å². The molecule has 0 saturated carbocycles. The smallest absolute Gasteiger partial charge is 0.104 e. The second-order valence-corrected chi connectivity index (χ2v) is 16.4. The lowest BCUT2D eigenvalue weighted by Crippen LogP contribution is -2.06. The summed E-state index contributed by atoms with van der Waals surface area (Å²) in [7, 11) is 0. The van der Waals surface area contributed by atoms with Crippen LogP contribution in [0.3, 0.4) is 0 Å². The first-order valence-electron chi connectivity index (χ1n) is 21.8. The van der Waals surface area contributed by atoms with E-state index in [9.17, 15) is 10.5 Å². The molecule has 0 aliphatic heterocycles. The molecule has 0 fully saturated rings. The van der Waals surface area contributed by atoms with E-state index >= 15 is 0 Å². The van der Waals surface area contributed by atoms with Gasteiger partial charge in [0.2, 0.25) is 0 Å². The highest BCUT2D eigenvalue weighted by Crippen LogP contribution is 2.43. The van der Waals surface area contributed by atoms with E-state index in [2.05, 4.69) is 167 Å². The van der Waals surface area contributed by atoms with Crippen LogP contribution in [0, 0.1) is 22.7 Å². The minimum Gasteiger partial charge on any atom is -0.308 e. The van der Waals surface area contributed by atoms with Gasteiger partial charge in [-0.2, -0.15) is 10.5 Å². The molecule has 0 radical (unpaired) electrons. The molecule has 0 amide bonds. The number of para-hydroxylation sites is 2. The Hall–Kier alpha value is -9.36. The Balaban J connectivity index is 1.09. The van der Waals surface area contributed by atoms with Crippen molar-refractivity contribution in [3.63, 3.8) is 0 Å². The molecule has 306 valence electrons. The number of nitriles is 2. The molecule has 0 aliphatic rings. The van der Waals surface area contributed by atoms with Crippen molar-refractivity contribution in [2.75, 3.05) is 0 Å². The summed E-state index contributed by atoms with van der Waals surface area (Å²) in [5.74, 6) is 0. The van der Waals surface area contributed by atoms with Gasteiger partial charge in [0.05, 0.1) is 56.5 Å². The lowest BCUT2D eigenvalue weighted by molar-refractivity contribution is 1.12. The average Bonchev–Trinajstić information content (AvgIpc) is 3.90. The monoisotopic (exact) mass is 840 g/mol. The Bertz CT molecular complexity index is 3960. The molecule has 8 aromatic carbocycles. The Morgan fingerprint density at radius 3 is 1.42 bits per heavy atom. The number of fused-ring (bicyclic) bond motifs is 6. The van der Waals surface area contributed by atoms with E-state index in [-0.39, 0.29) is 0 Å². The van der Waals surface area contributed by atoms with E-state index in [4.69, 9.17) is 9.97 Å². The third-order valence-corrected chi connectivity index (χ3v) is 12.7. The number of pyridine rings is 2.